The van der Waals surface area contributed by atoms with Crippen LogP contribution in [0.2, 0.25) is 0 Å². The summed E-state index contributed by atoms with van der Waals surface area (Å²) in [5.41, 5.74) is 4.76. The summed E-state index contributed by atoms with van der Waals surface area (Å²) in [5, 5.41) is 11.7. The van der Waals surface area contributed by atoms with Gasteiger partial charge in [-0.15, -0.1) is 0 Å². The van der Waals surface area contributed by atoms with Crippen molar-refractivity contribution in [1.82, 2.24) is 10.2 Å². The van der Waals surface area contributed by atoms with Gasteiger partial charge >= 0.3 is 12.1 Å². The fourth-order valence-electron chi connectivity index (χ4n) is 4.84. The third-order valence-corrected chi connectivity index (χ3v) is 6.98. The first-order valence-corrected chi connectivity index (χ1v) is 12.5. The maximum absolute atomic E-state index is 12.6. The summed E-state index contributed by atoms with van der Waals surface area (Å²) in [7, 11) is 0. The summed E-state index contributed by atoms with van der Waals surface area (Å²) >= 11 is 0. The quantitative estimate of drug-likeness (QED) is 0.457. The summed E-state index contributed by atoms with van der Waals surface area (Å²) in [5.74, 6) is -0.553. The molecule has 0 heterocycles. The Morgan fingerprint density at radius 2 is 1.63 bits per heavy atom. The van der Waals surface area contributed by atoms with Crippen LogP contribution in [0.4, 0.5) is 4.79 Å². The second-order valence-electron chi connectivity index (χ2n) is 9.65. The second-order valence-corrected chi connectivity index (χ2v) is 9.65. The Balaban J connectivity index is 1.17. The number of alkyl carbamates (subject to hydrolysis) is 1. The monoisotopic (exact) mass is 478 g/mol. The molecule has 2 N–H and O–H groups in total. The van der Waals surface area contributed by atoms with Gasteiger partial charge in [-0.1, -0.05) is 55.5 Å². The van der Waals surface area contributed by atoms with E-state index in [0.717, 1.165) is 19.3 Å². The number of aliphatic carboxylic acids is 1. The van der Waals surface area contributed by atoms with Gasteiger partial charge < -0.3 is 20.1 Å². The van der Waals surface area contributed by atoms with Gasteiger partial charge in [-0.25, -0.2) is 4.79 Å². The van der Waals surface area contributed by atoms with Gasteiger partial charge in [-0.05, 0) is 53.9 Å². The van der Waals surface area contributed by atoms with Gasteiger partial charge in [0, 0.05) is 31.5 Å². The molecule has 2 aromatic carbocycles. The number of carbonyl (C=O) groups excluding carboxylic acids is 2. The SMILES string of the molecule is CC(CCNC(=O)OCC1c2ccccc2-c2ccccc21)CCC(=O)N(CCC(=O)O)C1CC1. The van der Waals surface area contributed by atoms with Crippen molar-refractivity contribution in [2.24, 2.45) is 5.92 Å². The lowest BCUT2D eigenvalue weighted by molar-refractivity contribution is -0.138. The van der Waals surface area contributed by atoms with Gasteiger partial charge in [0.1, 0.15) is 6.61 Å². The number of benzene rings is 2. The molecular weight excluding hydrogens is 444 g/mol. The smallest absolute Gasteiger partial charge is 0.407 e. The van der Waals surface area contributed by atoms with E-state index < -0.39 is 12.1 Å². The molecule has 2 aromatic rings. The lowest BCUT2D eigenvalue weighted by Gasteiger charge is -2.22. The van der Waals surface area contributed by atoms with Crippen LogP contribution in [0, 0.1) is 5.92 Å². The van der Waals surface area contributed by atoms with Crippen LogP contribution in [-0.4, -0.2) is 53.7 Å². The largest absolute Gasteiger partial charge is 0.481 e. The van der Waals surface area contributed by atoms with Crippen molar-refractivity contribution in [3.63, 3.8) is 0 Å². The van der Waals surface area contributed by atoms with E-state index in [2.05, 4.69) is 36.5 Å². The molecule has 7 heteroatoms. The number of hydrogen-bond donors (Lipinski definition) is 2. The molecule has 0 radical (unpaired) electrons. The predicted molar refractivity (Wildman–Crippen MR) is 133 cm³/mol. The molecular formula is C28H34N2O5. The first kappa shape index (κ1) is 24.8. The van der Waals surface area contributed by atoms with Gasteiger partial charge in [0.2, 0.25) is 5.91 Å². The standard InChI is InChI=1S/C28H34N2O5/c1-19(10-13-26(31)30(20-11-12-20)17-15-27(32)33)14-16-29-28(34)35-18-25-23-8-4-2-6-21(23)22-7-3-5-9-24(22)25/h2-9,19-20,25H,10-18H2,1H3,(H,29,34)(H,32,33). The van der Waals surface area contributed by atoms with Crippen molar-refractivity contribution >= 4 is 18.0 Å². The van der Waals surface area contributed by atoms with E-state index in [0.29, 0.717) is 19.4 Å². The number of rotatable bonds is 12. The van der Waals surface area contributed by atoms with E-state index in [1.54, 1.807) is 4.90 Å². The highest BCUT2D eigenvalue weighted by molar-refractivity contribution is 5.79. The van der Waals surface area contributed by atoms with E-state index in [1.807, 2.05) is 24.3 Å². The van der Waals surface area contributed by atoms with Gasteiger partial charge in [-0.2, -0.15) is 0 Å². The Morgan fingerprint density at radius 3 is 2.23 bits per heavy atom. The number of nitrogens with one attached hydrogen (secondary N) is 1. The molecule has 1 fully saturated rings. The minimum Gasteiger partial charge on any atom is -0.481 e. The predicted octanol–water partition coefficient (Wildman–Crippen LogP) is 4.80. The normalized spacial score (nSPS) is 15.1. The zero-order valence-corrected chi connectivity index (χ0v) is 20.2. The molecule has 2 amide bonds. The van der Waals surface area contributed by atoms with Crippen LogP contribution in [-0.2, 0) is 14.3 Å². The number of amides is 2. The van der Waals surface area contributed by atoms with Crippen molar-refractivity contribution < 1.29 is 24.2 Å². The molecule has 0 spiro atoms. The maximum atomic E-state index is 12.6. The van der Waals surface area contributed by atoms with Gasteiger partial charge in [0.25, 0.3) is 0 Å². The van der Waals surface area contributed by atoms with E-state index in [9.17, 15) is 14.4 Å². The zero-order valence-electron chi connectivity index (χ0n) is 20.2. The van der Waals surface area contributed by atoms with E-state index in [-0.39, 0.29) is 43.4 Å². The summed E-state index contributed by atoms with van der Waals surface area (Å²) in [6.07, 6.45) is 3.35. The third-order valence-electron chi connectivity index (χ3n) is 6.98. The first-order chi connectivity index (χ1) is 16.9. The van der Waals surface area contributed by atoms with Crippen LogP contribution in [0.1, 0.15) is 62.5 Å². The number of nitrogens with zero attached hydrogens (tertiary/aromatic N) is 1. The van der Waals surface area contributed by atoms with E-state index in [1.165, 1.54) is 22.3 Å². The van der Waals surface area contributed by atoms with Crippen LogP contribution in [0.3, 0.4) is 0 Å². The van der Waals surface area contributed by atoms with E-state index >= 15 is 0 Å². The first-order valence-electron chi connectivity index (χ1n) is 12.5. The zero-order chi connectivity index (χ0) is 24.8. The van der Waals surface area contributed by atoms with Crippen LogP contribution in [0.25, 0.3) is 11.1 Å². The molecule has 35 heavy (non-hydrogen) atoms. The third kappa shape index (κ3) is 6.41. The molecule has 2 aliphatic rings. The molecule has 0 aromatic heterocycles. The Labute approximate surface area is 206 Å². The van der Waals surface area contributed by atoms with Crippen molar-refractivity contribution in [2.45, 2.75) is 57.4 Å². The van der Waals surface area contributed by atoms with Crippen molar-refractivity contribution in [2.75, 3.05) is 19.7 Å². The Hall–Kier alpha value is -3.35. The van der Waals surface area contributed by atoms with Crippen LogP contribution >= 0.6 is 0 Å². The molecule has 186 valence electrons. The average molecular weight is 479 g/mol. The minimum absolute atomic E-state index is 0.0121. The Kier molecular flexibility index (Phi) is 8.06. The number of carbonyl (C=O) groups is 3. The van der Waals surface area contributed by atoms with Crippen molar-refractivity contribution in [1.29, 1.82) is 0 Å². The summed E-state index contributed by atoms with van der Waals surface area (Å²) in [4.78, 5) is 37.5. The molecule has 1 saturated carbocycles. The van der Waals surface area contributed by atoms with Gasteiger partial charge in [0.05, 0.1) is 6.42 Å². The van der Waals surface area contributed by atoms with Gasteiger partial charge in [0.15, 0.2) is 0 Å². The maximum Gasteiger partial charge on any atom is 0.407 e. The number of ether oxygens (including phenoxy) is 1. The molecule has 4 rings (SSSR count). The highest BCUT2D eigenvalue weighted by Gasteiger charge is 2.32. The summed E-state index contributed by atoms with van der Waals surface area (Å²) in [6, 6.07) is 16.7. The highest BCUT2D eigenvalue weighted by Crippen LogP contribution is 2.44. The molecule has 7 nitrogen and oxygen atoms in total. The molecule has 1 atom stereocenters. The topological polar surface area (TPSA) is 95.9 Å². The average Bonchev–Trinajstić information content (AvgIpc) is 3.63. The number of carboxylic acids is 1. The Bertz CT molecular complexity index is 1020. The summed E-state index contributed by atoms with van der Waals surface area (Å²) < 4.78 is 5.57. The minimum atomic E-state index is -0.879. The molecule has 0 bridgehead atoms. The second kappa shape index (κ2) is 11.4. The van der Waals surface area contributed by atoms with Crippen molar-refractivity contribution in [3.8, 4) is 11.1 Å². The van der Waals surface area contributed by atoms with Gasteiger partial charge in [-0.3, -0.25) is 9.59 Å². The lowest BCUT2D eigenvalue weighted by atomic mass is 9.98. The summed E-state index contributed by atoms with van der Waals surface area (Å²) in [6.45, 7) is 3.12. The molecule has 1 unspecified atom stereocenters. The fourth-order valence-corrected chi connectivity index (χ4v) is 4.84. The van der Waals surface area contributed by atoms with Crippen LogP contribution < -0.4 is 5.32 Å². The fraction of sp³-hybridized carbons (Fsp3) is 0.464. The number of hydrogen-bond acceptors (Lipinski definition) is 4. The highest BCUT2D eigenvalue weighted by atomic mass is 16.5. The van der Waals surface area contributed by atoms with Crippen LogP contribution in [0.5, 0.6) is 0 Å². The molecule has 0 saturated heterocycles. The Morgan fingerprint density at radius 1 is 1.00 bits per heavy atom. The number of carboxylic acid groups (broad SMARTS) is 1. The van der Waals surface area contributed by atoms with E-state index in [4.69, 9.17) is 9.84 Å². The molecule has 2 aliphatic carbocycles. The lowest BCUT2D eigenvalue weighted by Crippen LogP contribution is -2.35. The molecule has 0 aliphatic heterocycles. The van der Waals surface area contributed by atoms with Crippen LogP contribution in [0.15, 0.2) is 48.5 Å². The van der Waals surface area contributed by atoms with Crippen molar-refractivity contribution in [3.05, 3.63) is 59.7 Å². The number of fused-ring (bicyclic) bond motifs is 3.